The first-order chi connectivity index (χ1) is 12.7. The number of anilines is 1. The molecule has 2 aromatic heterocycles. The van der Waals surface area contributed by atoms with Crippen LogP contribution in [0.2, 0.25) is 0 Å². The lowest BCUT2D eigenvalue weighted by Crippen LogP contribution is -2.22. The molecule has 1 amide bonds. The molecule has 0 aliphatic rings. The molecule has 0 unspecified atom stereocenters. The molecule has 0 aliphatic carbocycles. The van der Waals surface area contributed by atoms with Crippen molar-refractivity contribution in [3.05, 3.63) is 60.0 Å². The maximum absolute atomic E-state index is 12.5. The zero-order chi connectivity index (χ0) is 17.9. The molecule has 130 valence electrons. The van der Waals surface area contributed by atoms with Gasteiger partial charge in [0, 0.05) is 10.9 Å². The average molecular weight is 398 g/mol. The summed E-state index contributed by atoms with van der Waals surface area (Å²) in [5.74, 6) is -0.0665. The SMILES string of the molecule is C[C@H](Sc1nc2ccccc2s1)C(=O)Nc1nc(-c2ccccc2)cs1. The highest BCUT2D eigenvalue weighted by Gasteiger charge is 2.18. The van der Waals surface area contributed by atoms with Crippen molar-refractivity contribution in [2.24, 2.45) is 0 Å². The third kappa shape index (κ3) is 3.80. The molecule has 0 spiro atoms. The number of thioether (sulfide) groups is 1. The van der Waals surface area contributed by atoms with Crippen molar-refractivity contribution in [2.45, 2.75) is 16.5 Å². The normalized spacial score (nSPS) is 12.2. The monoisotopic (exact) mass is 397 g/mol. The number of thiazole rings is 2. The van der Waals surface area contributed by atoms with Gasteiger partial charge >= 0.3 is 0 Å². The van der Waals surface area contributed by atoms with E-state index >= 15 is 0 Å². The lowest BCUT2D eigenvalue weighted by atomic mass is 10.2. The number of hydrogen-bond acceptors (Lipinski definition) is 6. The van der Waals surface area contributed by atoms with E-state index in [1.165, 1.54) is 23.1 Å². The van der Waals surface area contributed by atoms with E-state index < -0.39 is 0 Å². The summed E-state index contributed by atoms with van der Waals surface area (Å²) in [6.45, 7) is 1.89. The number of rotatable bonds is 5. The molecule has 4 nitrogen and oxygen atoms in total. The summed E-state index contributed by atoms with van der Waals surface area (Å²) in [7, 11) is 0. The first-order valence-electron chi connectivity index (χ1n) is 8.03. The van der Waals surface area contributed by atoms with Gasteiger partial charge in [0.15, 0.2) is 9.47 Å². The molecule has 0 saturated heterocycles. The largest absolute Gasteiger partial charge is 0.301 e. The highest BCUT2D eigenvalue weighted by Crippen LogP contribution is 2.32. The maximum Gasteiger partial charge on any atom is 0.239 e. The molecule has 0 radical (unpaired) electrons. The first-order valence-corrected chi connectivity index (χ1v) is 10.6. The zero-order valence-electron chi connectivity index (χ0n) is 13.9. The molecule has 4 rings (SSSR count). The Hall–Kier alpha value is -2.22. The van der Waals surface area contributed by atoms with E-state index in [1.54, 1.807) is 11.3 Å². The fourth-order valence-electron chi connectivity index (χ4n) is 2.39. The van der Waals surface area contributed by atoms with E-state index in [2.05, 4.69) is 15.3 Å². The van der Waals surface area contributed by atoms with Crippen molar-refractivity contribution in [3.63, 3.8) is 0 Å². The Morgan fingerprint density at radius 1 is 1.08 bits per heavy atom. The molecule has 26 heavy (non-hydrogen) atoms. The molecule has 0 fully saturated rings. The minimum absolute atomic E-state index is 0.0665. The second-order valence-electron chi connectivity index (χ2n) is 5.60. The summed E-state index contributed by atoms with van der Waals surface area (Å²) in [5.41, 5.74) is 2.89. The summed E-state index contributed by atoms with van der Waals surface area (Å²) in [5, 5.41) is 5.23. The lowest BCUT2D eigenvalue weighted by molar-refractivity contribution is -0.115. The number of benzene rings is 2. The van der Waals surface area contributed by atoms with Crippen LogP contribution in [0.15, 0.2) is 64.3 Å². The molecule has 2 aromatic carbocycles. The minimum atomic E-state index is -0.250. The molecule has 0 saturated carbocycles. The van der Waals surface area contributed by atoms with Crippen LogP contribution in [0, 0.1) is 0 Å². The van der Waals surface area contributed by atoms with Crippen molar-refractivity contribution in [1.82, 2.24) is 9.97 Å². The van der Waals surface area contributed by atoms with E-state index in [1.807, 2.05) is 66.9 Å². The van der Waals surface area contributed by atoms with Gasteiger partial charge < -0.3 is 5.32 Å². The molecule has 1 atom stereocenters. The number of amides is 1. The molecule has 4 aromatic rings. The highest BCUT2D eigenvalue weighted by molar-refractivity contribution is 8.02. The van der Waals surface area contributed by atoms with E-state index in [0.29, 0.717) is 5.13 Å². The number of nitrogens with zero attached hydrogens (tertiary/aromatic N) is 2. The summed E-state index contributed by atoms with van der Waals surface area (Å²) < 4.78 is 2.04. The second kappa shape index (κ2) is 7.57. The molecule has 7 heteroatoms. The van der Waals surface area contributed by atoms with E-state index in [0.717, 1.165) is 25.8 Å². The fourth-order valence-corrected chi connectivity index (χ4v) is 5.32. The quantitative estimate of drug-likeness (QED) is 0.449. The van der Waals surface area contributed by atoms with E-state index in [4.69, 9.17) is 0 Å². The van der Waals surface area contributed by atoms with Crippen LogP contribution >= 0.6 is 34.4 Å². The first kappa shape index (κ1) is 17.2. The smallest absolute Gasteiger partial charge is 0.239 e. The molecule has 0 bridgehead atoms. The fraction of sp³-hybridized carbons (Fsp3) is 0.105. The van der Waals surface area contributed by atoms with Gasteiger partial charge in [0.05, 0.1) is 21.2 Å². The van der Waals surface area contributed by atoms with Crippen molar-refractivity contribution in [3.8, 4) is 11.3 Å². The van der Waals surface area contributed by atoms with Crippen LogP contribution in [0.4, 0.5) is 5.13 Å². The van der Waals surface area contributed by atoms with Gasteiger partial charge in [-0.25, -0.2) is 9.97 Å². The number of aromatic nitrogens is 2. The Kier molecular flexibility index (Phi) is 5.01. The van der Waals surface area contributed by atoms with Gasteiger partial charge in [-0.15, -0.1) is 22.7 Å². The second-order valence-corrected chi connectivity index (χ2v) is 9.08. The number of carbonyl (C=O) groups is 1. The molecular weight excluding hydrogens is 382 g/mol. The van der Waals surface area contributed by atoms with Gasteiger partial charge in [0.2, 0.25) is 5.91 Å². The van der Waals surface area contributed by atoms with Crippen LogP contribution in [-0.4, -0.2) is 21.1 Å². The van der Waals surface area contributed by atoms with Gasteiger partial charge in [-0.2, -0.15) is 0 Å². The van der Waals surface area contributed by atoms with Crippen LogP contribution in [-0.2, 0) is 4.79 Å². The van der Waals surface area contributed by atoms with E-state index in [9.17, 15) is 4.79 Å². The van der Waals surface area contributed by atoms with Gasteiger partial charge in [-0.05, 0) is 19.1 Å². The van der Waals surface area contributed by atoms with Crippen LogP contribution in [0.1, 0.15) is 6.92 Å². The number of fused-ring (bicyclic) bond motifs is 1. The number of carbonyl (C=O) groups excluding carboxylic acids is 1. The molecule has 0 aliphatic heterocycles. The lowest BCUT2D eigenvalue weighted by Gasteiger charge is -2.08. The van der Waals surface area contributed by atoms with Gasteiger partial charge in [-0.1, -0.05) is 54.2 Å². The minimum Gasteiger partial charge on any atom is -0.301 e. The Balaban J connectivity index is 1.42. The van der Waals surface area contributed by atoms with Crippen molar-refractivity contribution < 1.29 is 4.79 Å². The Bertz CT molecular complexity index is 1010. The number of nitrogens with one attached hydrogen (secondary N) is 1. The van der Waals surface area contributed by atoms with Crippen LogP contribution in [0.3, 0.4) is 0 Å². The summed E-state index contributed by atoms with van der Waals surface area (Å²) >= 11 is 4.52. The molecule has 2 heterocycles. The maximum atomic E-state index is 12.5. The predicted molar refractivity (Wildman–Crippen MR) is 111 cm³/mol. The summed E-state index contributed by atoms with van der Waals surface area (Å²) in [6, 6.07) is 17.9. The Labute approximate surface area is 163 Å². The average Bonchev–Trinajstić information content (AvgIpc) is 3.28. The van der Waals surface area contributed by atoms with Gasteiger partial charge in [0.25, 0.3) is 0 Å². The molecule has 1 N–H and O–H groups in total. The van der Waals surface area contributed by atoms with Crippen molar-refractivity contribution in [2.75, 3.05) is 5.32 Å². The molecular formula is C19H15N3OS3. The predicted octanol–water partition coefficient (Wildman–Crippen LogP) is 5.54. The Morgan fingerprint density at radius 2 is 1.85 bits per heavy atom. The van der Waals surface area contributed by atoms with Gasteiger partial charge in [0.1, 0.15) is 0 Å². The van der Waals surface area contributed by atoms with E-state index in [-0.39, 0.29) is 11.2 Å². The standard InChI is InChI=1S/C19H15N3OS3/c1-12(25-19-21-14-9-5-6-10-16(14)26-19)17(23)22-18-20-15(11-24-18)13-7-3-2-4-8-13/h2-12H,1H3,(H,20,22,23)/t12-/m0/s1. The third-order valence-corrected chi connectivity index (χ3v) is 6.71. The number of para-hydroxylation sites is 1. The third-order valence-electron chi connectivity index (χ3n) is 3.72. The van der Waals surface area contributed by atoms with Crippen molar-refractivity contribution in [1.29, 1.82) is 0 Å². The zero-order valence-corrected chi connectivity index (χ0v) is 16.3. The van der Waals surface area contributed by atoms with Gasteiger partial charge in [-0.3, -0.25) is 4.79 Å². The number of hydrogen-bond donors (Lipinski definition) is 1. The summed E-state index contributed by atoms with van der Waals surface area (Å²) in [4.78, 5) is 21.6. The Morgan fingerprint density at radius 3 is 2.65 bits per heavy atom. The van der Waals surface area contributed by atoms with Crippen LogP contribution in [0.5, 0.6) is 0 Å². The topological polar surface area (TPSA) is 54.9 Å². The summed E-state index contributed by atoms with van der Waals surface area (Å²) in [6.07, 6.45) is 0. The highest BCUT2D eigenvalue weighted by atomic mass is 32.2. The van der Waals surface area contributed by atoms with Crippen molar-refractivity contribution >= 4 is 55.7 Å². The van der Waals surface area contributed by atoms with Crippen LogP contribution in [0.25, 0.3) is 21.5 Å². The van der Waals surface area contributed by atoms with Crippen LogP contribution < -0.4 is 5.32 Å².